The van der Waals surface area contributed by atoms with E-state index < -0.39 is 10.0 Å². The molecule has 23 heavy (non-hydrogen) atoms. The van der Waals surface area contributed by atoms with Crippen molar-refractivity contribution in [2.45, 2.75) is 17.7 Å². The fraction of sp³-hybridized carbons (Fsp3) is 0.438. The van der Waals surface area contributed by atoms with Crippen LogP contribution in [0.4, 0.5) is 0 Å². The molecule has 1 saturated heterocycles. The Morgan fingerprint density at radius 3 is 2.87 bits per heavy atom. The van der Waals surface area contributed by atoms with Crippen LogP contribution < -0.4 is 5.32 Å². The van der Waals surface area contributed by atoms with E-state index in [4.69, 9.17) is 0 Å². The van der Waals surface area contributed by atoms with Crippen molar-refractivity contribution >= 4 is 33.3 Å². The Morgan fingerprint density at radius 1 is 1.30 bits per heavy atom. The molecular formula is C16H22ClN3O2S. The van der Waals surface area contributed by atoms with E-state index in [1.807, 2.05) is 25.2 Å². The maximum atomic E-state index is 13.0. The summed E-state index contributed by atoms with van der Waals surface area (Å²) in [6, 6.07) is 9.05. The fourth-order valence-electron chi connectivity index (χ4n) is 3.12. The largest absolute Gasteiger partial charge is 0.319 e. The molecule has 1 aromatic heterocycles. The molecule has 2 aromatic rings. The van der Waals surface area contributed by atoms with Crippen molar-refractivity contribution in [1.29, 1.82) is 0 Å². The molecular weight excluding hydrogens is 334 g/mol. The summed E-state index contributed by atoms with van der Waals surface area (Å²) in [5, 5.41) is 4.00. The lowest BCUT2D eigenvalue weighted by Gasteiger charge is -2.32. The summed E-state index contributed by atoms with van der Waals surface area (Å²) in [6.07, 6.45) is 3.62. The molecule has 7 heteroatoms. The Morgan fingerprint density at radius 2 is 2.09 bits per heavy atom. The van der Waals surface area contributed by atoms with Crippen molar-refractivity contribution in [3.8, 4) is 0 Å². The molecule has 0 aliphatic carbocycles. The van der Waals surface area contributed by atoms with Crippen molar-refractivity contribution < 1.29 is 8.42 Å². The number of halogens is 1. The van der Waals surface area contributed by atoms with Crippen LogP contribution in [-0.4, -0.2) is 44.4 Å². The van der Waals surface area contributed by atoms with Gasteiger partial charge in [0, 0.05) is 24.7 Å². The van der Waals surface area contributed by atoms with Crippen LogP contribution in [0.25, 0.3) is 10.9 Å². The number of rotatable bonds is 4. The highest BCUT2D eigenvalue weighted by atomic mass is 35.5. The molecule has 2 heterocycles. The number of aromatic nitrogens is 1. The molecule has 0 radical (unpaired) electrons. The van der Waals surface area contributed by atoms with Gasteiger partial charge in [0.2, 0.25) is 10.0 Å². The smallest absolute Gasteiger partial charge is 0.245 e. The third-order valence-corrected chi connectivity index (χ3v) is 6.08. The van der Waals surface area contributed by atoms with E-state index in [1.54, 1.807) is 22.6 Å². The molecule has 0 bridgehead atoms. The molecule has 5 nitrogen and oxygen atoms in total. The van der Waals surface area contributed by atoms with Crippen LogP contribution in [-0.2, 0) is 10.0 Å². The van der Waals surface area contributed by atoms with Crippen LogP contribution in [0.2, 0.25) is 0 Å². The number of pyridine rings is 1. The van der Waals surface area contributed by atoms with E-state index in [1.165, 1.54) is 0 Å². The number of fused-ring (bicyclic) bond motifs is 1. The van der Waals surface area contributed by atoms with Gasteiger partial charge in [0.15, 0.2) is 0 Å². The topological polar surface area (TPSA) is 62.3 Å². The average molecular weight is 356 g/mol. The van der Waals surface area contributed by atoms with E-state index >= 15 is 0 Å². The van der Waals surface area contributed by atoms with Gasteiger partial charge in [-0.2, -0.15) is 4.31 Å². The minimum Gasteiger partial charge on any atom is -0.319 e. The molecule has 1 fully saturated rings. The van der Waals surface area contributed by atoms with Gasteiger partial charge in [-0.15, -0.1) is 12.4 Å². The Labute approximate surface area is 143 Å². The third kappa shape index (κ3) is 3.66. The predicted octanol–water partition coefficient (Wildman–Crippen LogP) is 2.28. The van der Waals surface area contributed by atoms with Crippen LogP contribution in [0.3, 0.4) is 0 Å². The number of piperidine rings is 1. The fourth-order valence-corrected chi connectivity index (χ4v) is 4.84. The summed E-state index contributed by atoms with van der Waals surface area (Å²) in [5.41, 5.74) is 0.556. The van der Waals surface area contributed by atoms with Crippen molar-refractivity contribution in [3.05, 3.63) is 36.5 Å². The highest BCUT2D eigenvalue weighted by Gasteiger charge is 2.31. The van der Waals surface area contributed by atoms with Crippen LogP contribution in [0.5, 0.6) is 0 Å². The van der Waals surface area contributed by atoms with Gasteiger partial charge in [-0.25, -0.2) is 8.42 Å². The van der Waals surface area contributed by atoms with Crippen molar-refractivity contribution in [2.24, 2.45) is 5.92 Å². The Kier molecular flexibility index (Phi) is 5.97. The van der Waals surface area contributed by atoms with Gasteiger partial charge in [0.05, 0.1) is 5.52 Å². The first-order valence-corrected chi connectivity index (χ1v) is 9.05. The van der Waals surface area contributed by atoms with Gasteiger partial charge >= 0.3 is 0 Å². The number of nitrogens with one attached hydrogen (secondary N) is 1. The van der Waals surface area contributed by atoms with Crippen molar-refractivity contribution in [1.82, 2.24) is 14.6 Å². The maximum absolute atomic E-state index is 13.0. The van der Waals surface area contributed by atoms with Crippen LogP contribution >= 0.6 is 12.4 Å². The van der Waals surface area contributed by atoms with E-state index in [-0.39, 0.29) is 12.4 Å². The predicted molar refractivity (Wildman–Crippen MR) is 94.4 cm³/mol. The molecule has 1 aromatic carbocycles. The summed E-state index contributed by atoms with van der Waals surface area (Å²) in [4.78, 5) is 4.59. The number of hydrogen-bond acceptors (Lipinski definition) is 4. The monoisotopic (exact) mass is 355 g/mol. The molecule has 1 N–H and O–H groups in total. The Bertz CT molecular complexity index is 760. The first-order chi connectivity index (χ1) is 10.6. The van der Waals surface area contributed by atoms with E-state index in [9.17, 15) is 8.42 Å². The van der Waals surface area contributed by atoms with Gasteiger partial charge in [-0.05, 0) is 44.5 Å². The number of hydrogen-bond donors (Lipinski definition) is 1. The summed E-state index contributed by atoms with van der Waals surface area (Å²) in [7, 11) is -1.59. The van der Waals surface area contributed by atoms with Crippen LogP contribution in [0.1, 0.15) is 12.8 Å². The second kappa shape index (κ2) is 7.57. The molecule has 1 unspecified atom stereocenters. The maximum Gasteiger partial charge on any atom is 0.245 e. The van der Waals surface area contributed by atoms with Gasteiger partial charge < -0.3 is 5.32 Å². The average Bonchev–Trinajstić information content (AvgIpc) is 2.55. The van der Waals surface area contributed by atoms with E-state index in [0.717, 1.165) is 24.8 Å². The summed E-state index contributed by atoms with van der Waals surface area (Å²) < 4.78 is 27.6. The molecule has 0 amide bonds. The van der Waals surface area contributed by atoms with E-state index in [2.05, 4.69) is 10.3 Å². The lowest BCUT2D eigenvalue weighted by molar-refractivity contribution is 0.263. The summed E-state index contributed by atoms with van der Waals surface area (Å²) in [6.45, 7) is 2.01. The SMILES string of the molecule is CNCC1CCCN(S(=O)(=O)c2cccc3cccnc23)C1.Cl. The van der Waals surface area contributed by atoms with E-state index in [0.29, 0.717) is 29.4 Å². The second-order valence-corrected chi connectivity index (χ2v) is 7.67. The van der Waals surface area contributed by atoms with Gasteiger partial charge in [0.1, 0.15) is 4.90 Å². The highest BCUT2D eigenvalue weighted by Crippen LogP contribution is 2.27. The molecule has 1 aliphatic heterocycles. The Hall–Kier alpha value is -1.21. The van der Waals surface area contributed by atoms with Crippen LogP contribution in [0.15, 0.2) is 41.4 Å². The summed E-state index contributed by atoms with van der Waals surface area (Å²) in [5.74, 6) is 0.372. The number of para-hydroxylation sites is 1. The van der Waals surface area contributed by atoms with Crippen molar-refractivity contribution in [2.75, 3.05) is 26.7 Å². The zero-order chi connectivity index (χ0) is 15.6. The van der Waals surface area contributed by atoms with Crippen LogP contribution in [0, 0.1) is 5.92 Å². The molecule has 3 rings (SSSR count). The Balaban J connectivity index is 0.00000192. The summed E-state index contributed by atoms with van der Waals surface area (Å²) >= 11 is 0. The number of benzene rings is 1. The minimum atomic E-state index is -3.50. The first-order valence-electron chi connectivity index (χ1n) is 7.61. The molecule has 0 spiro atoms. The first kappa shape index (κ1) is 18.1. The molecule has 126 valence electrons. The minimum absolute atomic E-state index is 0. The standard InChI is InChI=1S/C16H21N3O2S.ClH/c1-17-11-13-5-4-10-19(12-13)22(20,21)15-8-2-6-14-7-3-9-18-16(14)15;/h2-3,6-9,13,17H,4-5,10-12H2,1H3;1H. The quantitative estimate of drug-likeness (QED) is 0.913. The van der Waals surface area contributed by atoms with Gasteiger partial charge in [-0.1, -0.05) is 18.2 Å². The zero-order valence-corrected chi connectivity index (χ0v) is 14.7. The molecule has 1 atom stereocenters. The third-order valence-electron chi connectivity index (χ3n) is 4.19. The van der Waals surface area contributed by atoms with Gasteiger partial charge in [0.25, 0.3) is 0 Å². The number of sulfonamides is 1. The normalized spacial score (nSPS) is 19.4. The zero-order valence-electron chi connectivity index (χ0n) is 13.1. The molecule has 0 saturated carbocycles. The second-order valence-electron chi connectivity index (χ2n) is 5.76. The van der Waals surface area contributed by atoms with Gasteiger partial charge in [-0.3, -0.25) is 4.98 Å². The number of nitrogens with zero attached hydrogens (tertiary/aromatic N) is 2. The molecule has 1 aliphatic rings. The highest BCUT2D eigenvalue weighted by molar-refractivity contribution is 7.89. The lowest BCUT2D eigenvalue weighted by Crippen LogP contribution is -2.42. The van der Waals surface area contributed by atoms with Crippen molar-refractivity contribution in [3.63, 3.8) is 0 Å². The lowest BCUT2D eigenvalue weighted by atomic mass is 10.00.